The van der Waals surface area contributed by atoms with Crippen molar-refractivity contribution in [3.8, 4) is 0 Å². The number of anilines is 1. The molecule has 0 radical (unpaired) electrons. The third kappa shape index (κ3) is 8.42. The molecule has 1 heterocycles. The third-order valence-electron chi connectivity index (χ3n) is 4.39. The molecule has 5 N–H and O–H groups in total. The Morgan fingerprint density at radius 2 is 1.97 bits per heavy atom. The van der Waals surface area contributed by atoms with Crippen LogP contribution in [0.1, 0.15) is 37.4 Å². The molecule has 0 aliphatic carbocycles. The number of unbranched alkanes of at least 4 members (excludes halogenated alkanes) is 1. The summed E-state index contributed by atoms with van der Waals surface area (Å²) in [5.74, 6) is 5.80. The van der Waals surface area contributed by atoms with Crippen LogP contribution in [-0.4, -0.2) is 47.7 Å². The number of likely N-dealkylation sites (N-methyl/N-ethyl adjacent to an activating group) is 1. The lowest BCUT2D eigenvalue weighted by Gasteiger charge is -2.18. The number of carbonyl (C=O) groups is 1. The minimum atomic E-state index is -0.0952. The molecule has 0 saturated carbocycles. The number of hydrogen-bond donors (Lipinski definition) is 4. The molecule has 2 rings (SSSR count). The summed E-state index contributed by atoms with van der Waals surface area (Å²) >= 11 is 0. The summed E-state index contributed by atoms with van der Waals surface area (Å²) in [7, 11) is 1.60. The first-order valence-electron chi connectivity index (χ1n) is 10.4. The summed E-state index contributed by atoms with van der Waals surface area (Å²) in [4.78, 5) is 22.0. The van der Waals surface area contributed by atoms with E-state index in [1.54, 1.807) is 25.2 Å². The second-order valence-corrected chi connectivity index (χ2v) is 6.83. The van der Waals surface area contributed by atoms with Crippen molar-refractivity contribution in [1.82, 2.24) is 15.5 Å². The number of ether oxygens (including phenoxy) is 1. The number of rotatable bonds is 13. The fourth-order valence-corrected chi connectivity index (χ4v) is 2.68. The maximum atomic E-state index is 12.1. The van der Waals surface area contributed by atoms with E-state index in [9.17, 15) is 4.79 Å². The highest BCUT2D eigenvalue weighted by molar-refractivity contribution is 6.46. The van der Waals surface area contributed by atoms with E-state index in [0.717, 1.165) is 12.8 Å². The number of pyridine rings is 1. The minimum absolute atomic E-state index is 0.0389. The van der Waals surface area contributed by atoms with E-state index >= 15 is 0 Å². The van der Waals surface area contributed by atoms with Crippen molar-refractivity contribution in [1.29, 1.82) is 5.41 Å². The first-order valence-corrected chi connectivity index (χ1v) is 10.4. The van der Waals surface area contributed by atoms with Gasteiger partial charge in [0, 0.05) is 32.2 Å². The molecule has 1 aromatic carbocycles. The van der Waals surface area contributed by atoms with E-state index in [1.807, 2.05) is 37.3 Å². The van der Waals surface area contributed by atoms with Crippen LogP contribution in [0.15, 0.2) is 53.7 Å². The van der Waals surface area contributed by atoms with Gasteiger partial charge in [0.15, 0.2) is 18.2 Å². The van der Waals surface area contributed by atoms with E-state index < -0.39 is 0 Å². The molecule has 0 spiro atoms. The van der Waals surface area contributed by atoms with E-state index in [1.165, 1.54) is 5.01 Å². The zero-order chi connectivity index (χ0) is 23.2. The minimum Gasteiger partial charge on any atom is -0.389 e. The Bertz CT molecular complexity index is 890. The number of carbonyl (C=O) groups excluding carboxylic acids is 1. The van der Waals surface area contributed by atoms with Gasteiger partial charge in [-0.05, 0) is 31.9 Å². The lowest BCUT2D eigenvalue weighted by molar-refractivity contribution is -0.116. The van der Waals surface area contributed by atoms with E-state index in [2.05, 4.69) is 21.0 Å². The first-order chi connectivity index (χ1) is 15.5. The van der Waals surface area contributed by atoms with E-state index in [4.69, 9.17) is 20.8 Å². The van der Waals surface area contributed by atoms with Crippen molar-refractivity contribution in [2.45, 2.75) is 32.8 Å². The van der Waals surface area contributed by atoms with Gasteiger partial charge >= 0.3 is 0 Å². The lowest BCUT2D eigenvalue weighted by atomic mass is 10.1. The molecule has 0 fully saturated rings. The number of nitrogens with zero attached hydrogens (tertiary/aromatic N) is 3. The average Bonchev–Trinajstić information content (AvgIpc) is 2.81. The van der Waals surface area contributed by atoms with Gasteiger partial charge < -0.3 is 14.9 Å². The van der Waals surface area contributed by atoms with Crippen molar-refractivity contribution in [3.63, 3.8) is 0 Å². The van der Waals surface area contributed by atoms with Gasteiger partial charge in [-0.25, -0.2) is 4.98 Å². The Labute approximate surface area is 188 Å². The largest absolute Gasteiger partial charge is 0.389 e. The summed E-state index contributed by atoms with van der Waals surface area (Å²) in [6.45, 7) is 3.36. The summed E-state index contributed by atoms with van der Waals surface area (Å²) in [6, 6.07) is 14.5. The molecule has 10 nitrogen and oxygen atoms in total. The normalized spacial score (nSPS) is 11.2. The van der Waals surface area contributed by atoms with Crippen LogP contribution >= 0.6 is 0 Å². The van der Waals surface area contributed by atoms with Gasteiger partial charge in [0.1, 0.15) is 5.82 Å². The number of amidine groups is 1. The number of amides is 1. The SMILES string of the molecule is CCOCCCCC(=O)Nc1cccc(CO/N=C(\C(=N)N(C)NN)c2ccccc2)n1. The van der Waals surface area contributed by atoms with Crippen molar-refractivity contribution in [2.24, 2.45) is 11.0 Å². The van der Waals surface area contributed by atoms with Crippen molar-refractivity contribution < 1.29 is 14.4 Å². The smallest absolute Gasteiger partial charge is 0.225 e. The predicted molar refractivity (Wildman–Crippen MR) is 124 cm³/mol. The number of hydrogen-bond acceptors (Lipinski definition) is 8. The molecular weight excluding hydrogens is 410 g/mol. The highest BCUT2D eigenvalue weighted by Crippen LogP contribution is 2.09. The van der Waals surface area contributed by atoms with Crippen LogP contribution in [0, 0.1) is 5.41 Å². The van der Waals surface area contributed by atoms with Gasteiger partial charge in [0.05, 0.1) is 5.69 Å². The Morgan fingerprint density at radius 3 is 2.69 bits per heavy atom. The van der Waals surface area contributed by atoms with Gasteiger partial charge in [-0.1, -0.05) is 41.6 Å². The Balaban J connectivity index is 1.96. The molecular formula is C22H31N7O3. The molecule has 0 atom stereocenters. The second kappa shape index (κ2) is 13.9. The Morgan fingerprint density at radius 1 is 1.19 bits per heavy atom. The Hall–Kier alpha value is -3.34. The van der Waals surface area contributed by atoms with Gasteiger partial charge in [-0.2, -0.15) is 5.53 Å². The number of nitrogens with two attached hydrogens (primary N) is 1. The standard InChI is InChI=1S/C22H31N7O3/c1-3-31-15-8-7-14-20(30)26-19-13-9-12-18(25-19)16-32-27-21(22(23)29(2)28-24)17-10-5-4-6-11-17/h4-6,9-13,23,28H,3,7-8,14-16,24H2,1-2H3,(H,25,26,30)/b23-22?,27-21-. The van der Waals surface area contributed by atoms with Crippen LogP contribution in [0.25, 0.3) is 0 Å². The number of nitrogens with one attached hydrogen (secondary N) is 3. The van der Waals surface area contributed by atoms with Crippen molar-refractivity contribution in [2.75, 3.05) is 25.6 Å². The van der Waals surface area contributed by atoms with E-state index in [-0.39, 0.29) is 18.3 Å². The van der Waals surface area contributed by atoms with Crippen molar-refractivity contribution in [3.05, 3.63) is 59.8 Å². The molecule has 10 heteroatoms. The highest BCUT2D eigenvalue weighted by Gasteiger charge is 2.15. The second-order valence-electron chi connectivity index (χ2n) is 6.83. The molecule has 0 saturated heterocycles. The Kier molecular flexibility index (Phi) is 10.8. The molecule has 1 amide bonds. The number of hydrazine groups is 2. The maximum Gasteiger partial charge on any atom is 0.225 e. The van der Waals surface area contributed by atoms with Crippen LogP contribution in [0.3, 0.4) is 0 Å². The molecule has 0 bridgehead atoms. The molecule has 32 heavy (non-hydrogen) atoms. The maximum absolute atomic E-state index is 12.1. The predicted octanol–water partition coefficient (Wildman–Crippen LogP) is 2.44. The molecule has 1 aromatic heterocycles. The summed E-state index contributed by atoms with van der Waals surface area (Å²) in [6.07, 6.45) is 2.00. The van der Waals surface area contributed by atoms with Crippen LogP contribution in [0.5, 0.6) is 0 Å². The van der Waals surface area contributed by atoms with Crippen LogP contribution in [-0.2, 0) is 21.0 Å². The third-order valence-corrected chi connectivity index (χ3v) is 4.39. The van der Waals surface area contributed by atoms with Gasteiger partial charge in [-0.3, -0.25) is 21.1 Å². The summed E-state index contributed by atoms with van der Waals surface area (Å²) in [5, 5.41) is 16.5. The molecule has 0 unspecified atom stereocenters. The fraction of sp³-hybridized carbons (Fsp3) is 0.364. The number of oxime groups is 1. The highest BCUT2D eigenvalue weighted by atomic mass is 16.6. The fourth-order valence-electron chi connectivity index (χ4n) is 2.68. The number of benzene rings is 1. The van der Waals surface area contributed by atoms with Crippen LogP contribution in [0.2, 0.25) is 0 Å². The average molecular weight is 442 g/mol. The van der Waals surface area contributed by atoms with Gasteiger partial charge in [0.2, 0.25) is 5.91 Å². The lowest BCUT2D eigenvalue weighted by Crippen LogP contribution is -2.46. The van der Waals surface area contributed by atoms with Crippen molar-refractivity contribution >= 4 is 23.3 Å². The molecule has 0 aliphatic heterocycles. The number of aromatic nitrogens is 1. The molecule has 172 valence electrons. The van der Waals surface area contributed by atoms with Gasteiger partial charge in [-0.15, -0.1) is 0 Å². The topological polar surface area (TPSA) is 138 Å². The zero-order valence-electron chi connectivity index (χ0n) is 18.5. The summed E-state index contributed by atoms with van der Waals surface area (Å²) < 4.78 is 5.27. The van der Waals surface area contributed by atoms with Gasteiger partial charge in [0.25, 0.3) is 0 Å². The van der Waals surface area contributed by atoms with E-state index in [0.29, 0.717) is 42.4 Å². The zero-order valence-corrected chi connectivity index (χ0v) is 18.5. The monoisotopic (exact) mass is 441 g/mol. The molecule has 0 aliphatic rings. The van der Waals surface area contributed by atoms with Crippen LogP contribution in [0.4, 0.5) is 5.82 Å². The first kappa shape index (κ1) is 24.9. The quantitative estimate of drug-likeness (QED) is 0.123. The summed E-state index contributed by atoms with van der Waals surface area (Å²) in [5.41, 5.74) is 3.99. The molecule has 2 aromatic rings. The van der Waals surface area contributed by atoms with Crippen LogP contribution < -0.4 is 16.7 Å².